The third-order valence-corrected chi connectivity index (χ3v) is 4.39. The van der Waals surface area contributed by atoms with Crippen molar-refractivity contribution in [1.82, 2.24) is 0 Å². The second kappa shape index (κ2) is 9.42. The van der Waals surface area contributed by atoms with Crippen molar-refractivity contribution in [2.75, 3.05) is 24.9 Å². The number of nitrogens with one attached hydrogen (secondary N) is 2. The van der Waals surface area contributed by atoms with Crippen LogP contribution in [-0.2, 0) is 6.54 Å². The summed E-state index contributed by atoms with van der Waals surface area (Å²) < 4.78 is 10.4. The summed E-state index contributed by atoms with van der Waals surface area (Å²) in [5.74, 6) is 0.516. The summed E-state index contributed by atoms with van der Waals surface area (Å²) in [6.45, 7) is 0.464. The fourth-order valence-electron chi connectivity index (χ4n) is 2.86. The fraction of sp³-hybridized carbons (Fsp3) is 0.136. The first-order valence-corrected chi connectivity index (χ1v) is 9.11. The normalized spacial score (nSPS) is 10.2. The Morgan fingerprint density at radius 2 is 1.63 bits per heavy atom. The molecule has 3 aromatic carbocycles. The van der Waals surface area contributed by atoms with Gasteiger partial charge in [0.2, 0.25) is 0 Å². The summed E-state index contributed by atoms with van der Waals surface area (Å²) in [5, 5.41) is 17.1. The average molecular weight is 407 g/mol. The number of non-ortho nitro benzene ring substituents is 1. The minimum atomic E-state index is -0.535. The van der Waals surface area contributed by atoms with Crippen LogP contribution >= 0.6 is 0 Å². The molecule has 0 saturated heterocycles. The van der Waals surface area contributed by atoms with Gasteiger partial charge in [-0.3, -0.25) is 14.9 Å². The standard InChI is InChI=1S/C22H21N3O5/c1-29-18-10-16(11-19(13-18)30-2)24-22(26)20-12-17(25(27)28)8-9-21(20)23-14-15-6-4-3-5-7-15/h3-13,23H,14H2,1-2H3,(H,24,26). The highest BCUT2D eigenvalue weighted by atomic mass is 16.6. The molecule has 3 rings (SSSR count). The molecular formula is C22H21N3O5. The number of hydrogen-bond acceptors (Lipinski definition) is 6. The Bertz CT molecular complexity index is 1030. The second-order valence-electron chi connectivity index (χ2n) is 6.38. The number of nitrogens with zero attached hydrogens (tertiary/aromatic N) is 1. The third-order valence-electron chi connectivity index (χ3n) is 4.39. The van der Waals surface area contributed by atoms with Crippen molar-refractivity contribution in [3.05, 3.63) is 88.0 Å². The fourth-order valence-corrected chi connectivity index (χ4v) is 2.86. The molecule has 8 heteroatoms. The lowest BCUT2D eigenvalue weighted by atomic mass is 10.1. The zero-order valence-electron chi connectivity index (χ0n) is 16.5. The molecule has 30 heavy (non-hydrogen) atoms. The first-order valence-electron chi connectivity index (χ1n) is 9.11. The lowest BCUT2D eigenvalue weighted by Crippen LogP contribution is -2.15. The molecule has 154 valence electrons. The molecule has 1 amide bonds. The van der Waals surface area contributed by atoms with Crippen LogP contribution in [0.4, 0.5) is 17.1 Å². The third kappa shape index (κ3) is 5.05. The molecule has 0 saturated carbocycles. The molecule has 0 heterocycles. The highest BCUT2D eigenvalue weighted by molar-refractivity contribution is 6.08. The highest BCUT2D eigenvalue weighted by Crippen LogP contribution is 2.28. The van der Waals surface area contributed by atoms with Crippen molar-refractivity contribution in [2.24, 2.45) is 0 Å². The number of carbonyl (C=O) groups excluding carboxylic acids is 1. The minimum absolute atomic E-state index is 0.155. The van der Waals surface area contributed by atoms with Crippen molar-refractivity contribution in [1.29, 1.82) is 0 Å². The van der Waals surface area contributed by atoms with E-state index >= 15 is 0 Å². The van der Waals surface area contributed by atoms with E-state index in [0.717, 1.165) is 5.56 Å². The van der Waals surface area contributed by atoms with Gasteiger partial charge in [-0.1, -0.05) is 30.3 Å². The number of amides is 1. The minimum Gasteiger partial charge on any atom is -0.497 e. The number of carbonyl (C=O) groups is 1. The van der Waals surface area contributed by atoms with Gasteiger partial charge in [-0.25, -0.2) is 0 Å². The maximum Gasteiger partial charge on any atom is 0.270 e. The molecule has 0 spiro atoms. The van der Waals surface area contributed by atoms with E-state index in [2.05, 4.69) is 10.6 Å². The second-order valence-corrected chi connectivity index (χ2v) is 6.38. The number of nitro groups is 1. The number of methoxy groups -OCH3 is 2. The molecule has 0 aliphatic rings. The van der Waals surface area contributed by atoms with Crippen LogP contribution in [0.25, 0.3) is 0 Å². The van der Waals surface area contributed by atoms with Crippen LogP contribution in [-0.4, -0.2) is 25.1 Å². The quantitative estimate of drug-likeness (QED) is 0.422. The Hall–Kier alpha value is -4.07. The summed E-state index contributed by atoms with van der Waals surface area (Å²) in [5.41, 5.74) is 1.92. The Balaban J connectivity index is 1.89. The van der Waals surface area contributed by atoms with Crippen molar-refractivity contribution in [3.63, 3.8) is 0 Å². The summed E-state index contributed by atoms with van der Waals surface area (Å²) >= 11 is 0. The van der Waals surface area contributed by atoms with E-state index in [1.165, 1.54) is 32.4 Å². The van der Waals surface area contributed by atoms with Gasteiger partial charge in [-0.05, 0) is 11.6 Å². The van der Waals surface area contributed by atoms with E-state index in [9.17, 15) is 14.9 Å². The summed E-state index contributed by atoms with van der Waals surface area (Å²) in [6, 6.07) is 18.7. The molecule has 3 aromatic rings. The van der Waals surface area contributed by atoms with Crippen LogP contribution in [0.2, 0.25) is 0 Å². The molecular weight excluding hydrogens is 386 g/mol. The van der Waals surface area contributed by atoms with Gasteiger partial charge in [0.25, 0.3) is 11.6 Å². The lowest BCUT2D eigenvalue weighted by molar-refractivity contribution is -0.384. The lowest BCUT2D eigenvalue weighted by Gasteiger charge is -2.14. The maximum absolute atomic E-state index is 13.0. The number of benzene rings is 3. The molecule has 2 N–H and O–H groups in total. The Morgan fingerprint density at radius 3 is 2.23 bits per heavy atom. The van der Waals surface area contributed by atoms with E-state index in [-0.39, 0.29) is 11.3 Å². The van der Waals surface area contributed by atoms with Crippen LogP contribution in [0.5, 0.6) is 11.5 Å². The summed E-state index contributed by atoms with van der Waals surface area (Å²) in [4.78, 5) is 23.6. The number of anilines is 2. The van der Waals surface area contributed by atoms with Crippen LogP contribution in [0.3, 0.4) is 0 Å². The van der Waals surface area contributed by atoms with E-state index in [1.54, 1.807) is 18.2 Å². The van der Waals surface area contributed by atoms with Gasteiger partial charge in [0.1, 0.15) is 11.5 Å². The van der Waals surface area contributed by atoms with Gasteiger partial charge in [0, 0.05) is 48.3 Å². The average Bonchev–Trinajstić information content (AvgIpc) is 2.77. The smallest absolute Gasteiger partial charge is 0.270 e. The monoisotopic (exact) mass is 407 g/mol. The number of hydrogen-bond donors (Lipinski definition) is 2. The van der Waals surface area contributed by atoms with E-state index in [0.29, 0.717) is 29.4 Å². The largest absolute Gasteiger partial charge is 0.497 e. The molecule has 8 nitrogen and oxygen atoms in total. The first-order chi connectivity index (χ1) is 14.5. The van der Waals surface area contributed by atoms with Gasteiger partial charge in [0.05, 0.1) is 24.7 Å². The number of ether oxygens (including phenoxy) is 2. The van der Waals surface area contributed by atoms with Crippen molar-refractivity contribution in [3.8, 4) is 11.5 Å². The molecule has 0 fully saturated rings. The van der Waals surface area contributed by atoms with Gasteiger partial charge in [-0.2, -0.15) is 0 Å². The summed E-state index contributed by atoms with van der Waals surface area (Å²) in [7, 11) is 3.01. The summed E-state index contributed by atoms with van der Waals surface area (Å²) in [6.07, 6.45) is 0. The van der Waals surface area contributed by atoms with Crippen LogP contribution in [0.15, 0.2) is 66.7 Å². The number of rotatable bonds is 8. The molecule has 0 aliphatic carbocycles. The van der Waals surface area contributed by atoms with Crippen molar-refractivity contribution < 1.29 is 19.2 Å². The van der Waals surface area contributed by atoms with E-state index in [4.69, 9.17) is 9.47 Å². The maximum atomic E-state index is 13.0. The first kappa shape index (κ1) is 20.7. The van der Waals surface area contributed by atoms with Gasteiger partial charge < -0.3 is 20.1 Å². The molecule has 0 radical (unpaired) electrons. The Labute approximate surface area is 173 Å². The molecule has 0 aromatic heterocycles. The Morgan fingerprint density at radius 1 is 0.967 bits per heavy atom. The van der Waals surface area contributed by atoms with Crippen LogP contribution in [0.1, 0.15) is 15.9 Å². The van der Waals surface area contributed by atoms with E-state index in [1.807, 2.05) is 30.3 Å². The molecule has 0 unspecified atom stereocenters. The Kier molecular flexibility index (Phi) is 6.49. The van der Waals surface area contributed by atoms with E-state index < -0.39 is 10.8 Å². The molecule has 0 atom stereocenters. The van der Waals surface area contributed by atoms with Crippen LogP contribution in [0, 0.1) is 10.1 Å². The van der Waals surface area contributed by atoms with Gasteiger partial charge >= 0.3 is 0 Å². The zero-order valence-corrected chi connectivity index (χ0v) is 16.5. The van der Waals surface area contributed by atoms with Crippen molar-refractivity contribution in [2.45, 2.75) is 6.54 Å². The molecule has 0 bridgehead atoms. The topological polar surface area (TPSA) is 103 Å². The molecule has 0 aliphatic heterocycles. The van der Waals surface area contributed by atoms with Gasteiger partial charge in [0.15, 0.2) is 0 Å². The van der Waals surface area contributed by atoms with Gasteiger partial charge in [-0.15, -0.1) is 0 Å². The predicted molar refractivity (Wildman–Crippen MR) is 114 cm³/mol. The SMILES string of the molecule is COc1cc(NC(=O)c2cc([N+](=O)[O-])ccc2NCc2ccccc2)cc(OC)c1. The number of nitro benzene ring substituents is 1. The van der Waals surface area contributed by atoms with Crippen LogP contribution < -0.4 is 20.1 Å². The predicted octanol–water partition coefficient (Wildman–Crippen LogP) is 4.48. The highest BCUT2D eigenvalue weighted by Gasteiger charge is 2.18. The van der Waals surface area contributed by atoms with Crippen molar-refractivity contribution >= 4 is 23.0 Å². The zero-order chi connectivity index (χ0) is 21.5.